The Kier molecular flexibility index (Phi) is 6.75. The van der Waals surface area contributed by atoms with Crippen LogP contribution in [0, 0.1) is 5.82 Å². The van der Waals surface area contributed by atoms with E-state index in [1.165, 1.54) is 24.3 Å². The minimum atomic E-state index is -0.384. The largest absolute Gasteiger partial charge is 0.482 e. The van der Waals surface area contributed by atoms with Crippen molar-refractivity contribution in [3.8, 4) is 5.75 Å². The number of halogens is 3. The van der Waals surface area contributed by atoms with Crippen molar-refractivity contribution in [1.29, 1.82) is 0 Å². The summed E-state index contributed by atoms with van der Waals surface area (Å²) in [6, 6.07) is 10.3. The van der Waals surface area contributed by atoms with E-state index in [2.05, 4.69) is 0 Å². The van der Waals surface area contributed by atoms with Gasteiger partial charge in [0.05, 0.1) is 5.02 Å². The Morgan fingerprint density at radius 3 is 2.36 bits per heavy atom. The van der Waals surface area contributed by atoms with Crippen molar-refractivity contribution < 1.29 is 18.7 Å². The molecule has 2 aromatic carbocycles. The van der Waals surface area contributed by atoms with Gasteiger partial charge in [0.25, 0.3) is 11.8 Å². The van der Waals surface area contributed by atoms with E-state index in [1.54, 1.807) is 28.0 Å². The molecule has 0 spiro atoms. The third-order valence-corrected chi connectivity index (χ3v) is 5.00. The van der Waals surface area contributed by atoms with Gasteiger partial charge in [-0.3, -0.25) is 9.59 Å². The maximum absolute atomic E-state index is 13.0. The van der Waals surface area contributed by atoms with Gasteiger partial charge < -0.3 is 14.5 Å². The highest BCUT2D eigenvalue weighted by atomic mass is 35.5. The standard InChI is InChI=1S/C20H19Cl2FN2O3/c21-15-4-7-18(17(22)12-15)28-13-19(26)24-8-1-9-25(11-10-24)20(27)14-2-5-16(23)6-3-14/h2-7,12H,1,8-11,13H2. The molecule has 0 atom stereocenters. The molecule has 0 saturated carbocycles. The number of carbonyl (C=O) groups excluding carboxylic acids is 2. The van der Waals surface area contributed by atoms with E-state index in [0.29, 0.717) is 54.0 Å². The first-order valence-corrected chi connectivity index (χ1v) is 9.60. The zero-order chi connectivity index (χ0) is 20.1. The summed E-state index contributed by atoms with van der Waals surface area (Å²) >= 11 is 11.9. The number of hydrogen-bond donors (Lipinski definition) is 0. The first kappa shape index (κ1) is 20.4. The maximum atomic E-state index is 13.0. The van der Waals surface area contributed by atoms with Gasteiger partial charge in [0.15, 0.2) is 6.61 Å². The zero-order valence-electron chi connectivity index (χ0n) is 15.0. The Labute approximate surface area is 172 Å². The average Bonchev–Trinajstić information content (AvgIpc) is 2.93. The van der Waals surface area contributed by atoms with E-state index in [0.717, 1.165) is 0 Å². The fourth-order valence-corrected chi connectivity index (χ4v) is 3.43. The van der Waals surface area contributed by atoms with E-state index in [9.17, 15) is 14.0 Å². The van der Waals surface area contributed by atoms with E-state index in [-0.39, 0.29) is 24.2 Å². The molecule has 1 aliphatic rings. The molecule has 0 radical (unpaired) electrons. The summed E-state index contributed by atoms with van der Waals surface area (Å²) in [6.45, 7) is 1.73. The van der Waals surface area contributed by atoms with Gasteiger partial charge in [0.2, 0.25) is 0 Å². The fraction of sp³-hybridized carbons (Fsp3) is 0.300. The van der Waals surface area contributed by atoms with Crippen LogP contribution in [0.5, 0.6) is 5.75 Å². The van der Waals surface area contributed by atoms with Gasteiger partial charge in [-0.15, -0.1) is 0 Å². The molecule has 2 amide bonds. The van der Waals surface area contributed by atoms with Crippen molar-refractivity contribution in [3.05, 3.63) is 63.9 Å². The molecule has 28 heavy (non-hydrogen) atoms. The number of amides is 2. The number of carbonyl (C=O) groups is 2. The molecule has 0 aliphatic carbocycles. The van der Waals surface area contributed by atoms with Gasteiger partial charge in [-0.05, 0) is 48.9 Å². The molecule has 3 rings (SSSR count). The zero-order valence-corrected chi connectivity index (χ0v) is 16.5. The quantitative estimate of drug-likeness (QED) is 0.747. The molecule has 2 aromatic rings. The van der Waals surface area contributed by atoms with Crippen LogP contribution in [0.25, 0.3) is 0 Å². The van der Waals surface area contributed by atoms with Crippen molar-refractivity contribution in [2.45, 2.75) is 6.42 Å². The molecule has 0 aromatic heterocycles. The van der Waals surface area contributed by atoms with Crippen LogP contribution >= 0.6 is 23.2 Å². The van der Waals surface area contributed by atoms with Crippen molar-refractivity contribution in [1.82, 2.24) is 9.80 Å². The number of hydrogen-bond acceptors (Lipinski definition) is 3. The Hall–Kier alpha value is -2.31. The summed E-state index contributed by atoms with van der Waals surface area (Å²) in [6.07, 6.45) is 0.653. The van der Waals surface area contributed by atoms with Gasteiger partial charge in [-0.2, -0.15) is 0 Å². The number of benzene rings is 2. The molecular formula is C20H19Cl2FN2O3. The summed E-state index contributed by atoms with van der Waals surface area (Å²) in [5.74, 6) is -0.340. The van der Waals surface area contributed by atoms with Crippen LogP contribution in [0.2, 0.25) is 10.0 Å². The van der Waals surface area contributed by atoms with Crippen LogP contribution in [0.15, 0.2) is 42.5 Å². The summed E-state index contributed by atoms with van der Waals surface area (Å²) < 4.78 is 18.5. The Balaban J connectivity index is 1.54. The lowest BCUT2D eigenvalue weighted by molar-refractivity contribution is -0.133. The third-order valence-electron chi connectivity index (χ3n) is 4.47. The molecule has 5 nitrogen and oxygen atoms in total. The summed E-state index contributed by atoms with van der Waals surface area (Å²) in [5.41, 5.74) is 0.432. The van der Waals surface area contributed by atoms with Crippen LogP contribution in [0.4, 0.5) is 4.39 Å². The topological polar surface area (TPSA) is 49.9 Å². The average molecular weight is 425 g/mol. The van der Waals surface area contributed by atoms with Gasteiger partial charge >= 0.3 is 0 Å². The first-order valence-electron chi connectivity index (χ1n) is 8.84. The lowest BCUT2D eigenvalue weighted by Crippen LogP contribution is -2.39. The molecule has 148 valence electrons. The molecule has 1 heterocycles. The van der Waals surface area contributed by atoms with Crippen molar-refractivity contribution in [2.75, 3.05) is 32.8 Å². The molecule has 1 saturated heterocycles. The van der Waals surface area contributed by atoms with Crippen molar-refractivity contribution in [3.63, 3.8) is 0 Å². The van der Waals surface area contributed by atoms with Crippen LogP contribution < -0.4 is 4.74 Å². The van der Waals surface area contributed by atoms with Crippen LogP contribution in [-0.2, 0) is 4.79 Å². The maximum Gasteiger partial charge on any atom is 0.260 e. The lowest BCUT2D eigenvalue weighted by Gasteiger charge is -2.22. The normalized spacial score (nSPS) is 14.5. The molecule has 0 unspecified atom stereocenters. The van der Waals surface area contributed by atoms with Gasteiger partial charge in [-0.25, -0.2) is 4.39 Å². The summed E-state index contributed by atoms with van der Waals surface area (Å²) in [4.78, 5) is 28.4. The highest BCUT2D eigenvalue weighted by Crippen LogP contribution is 2.27. The smallest absolute Gasteiger partial charge is 0.260 e. The predicted octanol–water partition coefficient (Wildman–Crippen LogP) is 3.89. The molecule has 1 fully saturated rings. The predicted molar refractivity (Wildman–Crippen MR) is 105 cm³/mol. The van der Waals surface area contributed by atoms with Gasteiger partial charge in [0, 0.05) is 36.8 Å². The SMILES string of the molecule is O=C(COc1ccc(Cl)cc1Cl)N1CCCN(C(=O)c2ccc(F)cc2)CC1. The Morgan fingerprint density at radius 1 is 0.964 bits per heavy atom. The third kappa shape index (κ3) is 5.14. The van der Waals surface area contributed by atoms with E-state index >= 15 is 0 Å². The number of ether oxygens (including phenoxy) is 1. The first-order chi connectivity index (χ1) is 13.4. The minimum Gasteiger partial charge on any atom is -0.482 e. The number of rotatable bonds is 4. The second-order valence-electron chi connectivity index (χ2n) is 6.40. The summed E-state index contributed by atoms with van der Waals surface area (Å²) in [7, 11) is 0. The van der Waals surface area contributed by atoms with Crippen molar-refractivity contribution >= 4 is 35.0 Å². The molecular weight excluding hydrogens is 406 g/mol. The van der Waals surface area contributed by atoms with E-state index < -0.39 is 0 Å². The lowest BCUT2D eigenvalue weighted by atomic mass is 10.2. The minimum absolute atomic E-state index is 0.146. The van der Waals surface area contributed by atoms with Gasteiger partial charge in [0.1, 0.15) is 11.6 Å². The highest BCUT2D eigenvalue weighted by Gasteiger charge is 2.23. The molecule has 0 N–H and O–H groups in total. The molecule has 8 heteroatoms. The second kappa shape index (κ2) is 9.26. The van der Waals surface area contributed by atoms with Crippen LogP contribution in [0.1, 0.15) is 16.8 Å². The van der Waals surface area contributed by atoms with Crippen LogP contribution in [-0.4, -0.2) is 54.4 Å². The van der Waals surface area contributed by atoms with E-state index in [1.807, 2.05) is 0 Å². The fourth-order valence-electron chi connectivity index (χ4n) is 2.97. The monoisotopic (exact) mass is 424 g/mol. The molecule has 0 bridgehead atoms. The highest BCUT2D eigenvalue weighted by molar-refractivity contribution is 6.35. The number of nitrogens with zero attached hydrogens (tertiary/aromatic N) is 2. The Bertz CT molecular complexity index is 861. The second-order valence-corrected chi connectivity index (χ2v) is 7.24. The summed E-state index contributed by atoms with van der Waals surface area (Å²) in [5, 5.41) is 0.828. The molecule has 1 aliphatic heterocycles. The Morgan fingerprint density at radius 2 is 1.64 bits per heavy atom. The van der Waals surface area contributed by atoms with Gasteiger partial charge in [-0.1, -0.05) is 23.2 Å². The van der Waals surface area contributed by atoms with Crippen LogP contribution in [0.3, 0.4) is 0 Å². The van der Waals surface area contributed by atoms with Crippen molar-refractivity contribution in [2.24, 2.45) is 0 Å². The van der Waals surface area contributed by atoms with E-state index in [4.69, 9.17) is 27.9 Å².